The fraction of sp³-hybridized carbons (Fsp3) is 0.533. The third-order valence-corrected chi connectivity index (χ3v) is 3.17. The Morgan fingerprint density at radius 2 is 1.94 bits per heavy atom. The second-order valence-corrected chi connectivity index (χ2v) is 5.77. The highest BCUT2D eigenvalue weighted by molar-refractivity contribution is 5.81. The molecule has 2 rings (SSSR count). The van der Waals surface area contributed by atoms with E-state index >= 15 is 0 Å². The minimum absolute atomic E-state index is 0.00579. The Morgan fingerprint density at radius 1 is 1.28 bits per heavy atom. The van der Waals surface area contributed by atoms with Gasteiger partial charge in [-0.25, -0.2) is 0 Å². The normalized spacial score (nSPS) is 20.8. The molecule has 1 heterocycles. The predicted molar refractivity (Wildman–Crippen MR) is 71.2 cm³/mol. The van der Waals surface area contributed by atoms with Crippen molar-refractivity contribution in [1.82, 2.24) is 4.90 Å². The lowest BCUT2D eigenvalue weighted by atomic mass is 9.94. The van der Waals surface area contributed by atoms with Crippen LogP contribution in [-0.2, 0) is 9.53 Å². The number of hydrogen-bond acceptors (Lipinski definition) is 2. The Bertz CT molecular complexity index is 408. The summed E-state index contributed by atoms with van der Waals surface area (Å²) in [5.74, 6) is 0.201. The lowest BCUT2D eigenvalue weighted by molar-refractivity contribution is -0.147. The molecular weight excluding hydrogens is 226 g/mol. The Hall–Kier alpha value is -1.35. The molecule has 1 aliphatic rings. The summed E-state index contributed by atoms with van der Waals surface area (Å²) in [5, 5.41) is 0. The zero-order valence-electron chi connectivity index (χ0n) is 11.3. The second-order valence-electron chi connectivity index (χ2n) is 5.77. The van der Waals surface area contributed by atoms with Crippen molar-refractivity contribution in [2.24, 2.45) is 5.41 Å². The second kappa shape index (κ2) is 5.11. The summed E-state index contributed by atoms with van der Waals surface area (Å²) in [4.78, 5) is 14.2. The smallest absolute Gasteiger partial charge is 0.228 e. The van der Waals surface area contributed by atoms with Crippen LogP contribution in [0.4, 0.5) is 0 Å². The van der Waals surface area contributed by atoms with E-state index in [1.807, 2.05) is 43.9 Å². The molecular formula is C15H21NO2. The zero-order valence-corrected chi connectivity index (χ0v) is 11.3. The SMILES string of the molecule is CC(C)(C)C(=O)N1CCO[C@@H](c2ccccc2)C1. The first-order valence-corrected chi connectivity index (χ1v) is 6.44. The lowest BCUT2D eigenvalue weighted by Crippen LogP contribution is -2.46. The molecule has 0 radical (unpaired) electrons. The Morgan fingerprint density at radius 3 is 2.56 bits per heavy atom. The Labute approximate surface area is 109 Å². The molecule has 0 bridgehead atoms. The van der Waals surface area contributed by atoms with E-state index in [0.717, 1.165) is 5.56 Å². The zero-order chi connectivity index (χ0) is 13.2. The van der Waals surface area contributed by atoms with Gasteiger partial charge in [0.1, 0.15) is 6.10 Å². The summed E-state index contributed by atoms with van der Waals surface area (Å²) in [6.07, 6.45) is 0.00579. The molecule has 1 saturated heterocycles. The van der Waals surface area contributed by atoms with Crippen molar-refractivity contribution >= 4 is 5.91 Å². The van der Waals surface area contributed by atoms with Crippen molar-refractivity contribution in [1.29, 1.82) is 0 Å². The van der Waals surface area contributed by atoms with E-state index in [1.165, 1.54) is 0 Å². The molecule has 1 aromatic rings. The minimum atomic E-state index is -0.321. The van der Waals surface area contributed by atoms with Crippen LogP contribution in [-0.4, -0.2) is 30.5 Å². The van der Waals surface area contributed by atoms with Crippen LogP contribution in [0.5, 0.6) is 0 Å². The first-order valence-electron chi connectivity index (χ1n) is 6.44. The number of amides is 1. The highest BCUT2D eigenvalue weighted by Crippen LogP contribution is 2.25. The van der Waals surface area contributed by atoms with E-state index in [4.69, 9.17) is 4.74 Å². The largest absolute Gasteiger partial charge is 0.370 e. The molecule has 1 amide bonds. The lowest BCUT2D eigenvalue weighted by Gasteiger charge is -2.36. The van der Waals surface area contributed by atoms with Gasteiger partial charge >= 0.3 is 0 Å². The van der Waals surface area contributed by atoms with Crippen LogP contribution in [0.15, 0.2) is 30.3 Å². The molecule has 0 N–H and O–H groups in total. The van der Waals surface area contributed by atoms with Gasteiger partial charge in [-0.15, -0.1) is 0 Å². The number of benzene rings is 1. The van der Waals surface area contributed by atoms with Crippen LogP contribution in [0.1, 0.15) is 32.4 Å². The van der Waals surface area contributed by atoms with E-state index in [-0.39, 0.29) is 17.4 Å². The number of carbonyl (C=O) groups excluding carboxylic acids is 1. The van der Waals surface area contributed by atoms with Gasteiger partial charge in [-0.2, -0.15) is 0 Å². The van der Waals surface area contributed by atoms with Crippen molar-refractivity contribution in [3.05, 3.63) is 35.9 Å². The maximum atomic E-state index is 12.3. The quantitative estimate of drug-likeness (QED) is 0.763. The average molecular weight is 247 g/mol. The maximum Gasteiger partial charge on any atom is 0.228 e. The monoisotopic (exact) mass is 247 g/mol. The van der Waals surface area contributed by atoms with Gasteiger partial charge in [0, 0.05) is 12.0 Å². The van der Waals surface area contributed by atoms with Crippen molar-refractivity contribution in [2.45, 2.75) is 26.9 Å². The van der Waals surface area contributed by atoms with Crippen LogP contribution in [0.2, 0.25) is 0 Å². The van der Waals surface area contributed by atoms with E-state index in [9.17, 15) is 4.79 Å². The molecule has 0 spiro atoms. The Kier molecular flexibility index (Phi) is 3.71. The highest BCUT2D eigenvalue weighted by Gasteiger charge is 2.31. The first-order chi connectivity index (χ1) is 8.48. The molecule has 0 aromatic heterocycles. The highest BCUT2D eigenvalue weighted by atomic mass is 16.5. The van der Waals surface area contributed by atoms with Crippen LogP contribution in [0.3, 0.4) is 0 Å². The van der Waals surface area contributed by atoms with Gasteiger partial charge in [-0.3, -0.25) is 4.79 Å². The van der Waals surface area contributed by atoms with Gasteiger partial charge in [0.15, 0.2) is 0 Å². The Balaban J connectivity index is 2.08. The van der Waals surface area contributed by atoms with Crippen LogP contribution < -0.4 is 0 Å². The molecule has 18 heavy (non-hydrogen) atoms. The number of hydrogen-bond donors (Lipinski definition) is 0. The van der Waals surface area contributed by atoms with E-state index in [1.54, 1.807) is 0 Å². The molecule has 1 fully saturated rings. The summed E-state index contributed by atoms with van der Waals surface area (Å²) in [6.45, 7) is 7.84. The topological polar surface area (TPSA) is 29.5 Å². The summed E-state index contributed by atoms with van der Waals surface area (Å²) in [5.41, 5.74) is 0.822. The molecule has 1 aromatic carbocycles. The average Bonchev–Trinajstić information content (AvgIpc) is 2.38. The molecule has 3 heteroatoms. The molecule has 3 nitrogen and oxygen atoms in total. The number of rotatable bonds is 1. The van der Waals surface area contributed by atoms with Crippen molar-refractivity contribution in [3.8, 4) is 0 Å². The molecule has 0 unspecified atom stereocenters. The minimum Gasteiger partial charge on any atom is -0.370 e. The van der Waals surface area contributed by atoms with Gasteiger partial charge in [-0.05, 0) is 5.56 Å². The summed E-state index contributed by atoms with van der Waals surface area (Å²) >= 11 is 0. The molecule has 98 valence electrons. The van der Waals surface area contributed by atoms with Crippen molar-refractivity contribution in [3.63, 3.8) is 0 Å². The van der Waals surface area contributed by atoms with E-state index in [0.29, 0.717) is 19.7 Å². The standard InChI is InChI=1S/C15H21NO2/c1-15(2,3)14(17)16-9-10-18-13(11-16)12-7-5-4-6-8-12/h4-8,13H,9-11H2,1-3H3/t13-/m1/s1. The number of carbonyl (C=O) groups is 1. The number of morpholine rings is 1. The molecule has 1 aliphatic heterocycles. The van der Waals surface area contributed by atoms with Gasteiger partial charge in [-0.1, -0.05) is 51.1 Å². The molecule has 1 atom stereocenters. The third kappa shape index (κ3) is 2.91. The fourth-order valence-corrected chi connectivity index (χ4v) is 2.18. The van der Waals surface area contributed by atoms with E-state index in [2.05, 4.69) is 12.1 Å². The molecule has 0 aliphatic carbocycles. The first kappa shape index (κ1) is 13.1. The van der Waals surface area contributed by atoms with Crippen LogP contribution in [0.25, 0.3) is 0 Å². The number of ether oxygens (including phenoxy) is 1. The maximum absolute atomic E-state index is 12.3. The fourth-order valence-electron chi connectivity index (χ4n) is 2.18. The summed E-state index contributed by atoms with van der Waals surface area (Å²) < 4.78 is 5.76. The van der Waals surface area contributed by atoms with Crippen LogP contribution >= 0.6 is 0 Å². The predicted octanol–water partition coefficient (Wildman–Crippen LogP) is 2.63. The summed E-state index contributed by atoms with van der Waals surface area (Å²) in [7, 11) is 0. The van der Waals surface area contributed by atoms with Crippen LogP contribution in [0, 0.1) is 5.41 Å². The van der Waals surface area contributed by atoms with Gasteiger partial charge in [0.05, 0.1) is 13.2 Å². The van der Waals surface area contributed by atoms with Gasteiger partial charge < -0.3 is 9.64 Å². The van der Waals surface area contributed by atoms with E-state index < -0.39 is 0 Å². The van der Waals surface area contributed by atoms with Gasteiger partial charge in [0.25, 0.3) is 0 Å². The van der Waals surface area contributed by atoms with Gasteiger partial charge in [0.2, 0.25) is 5.91 Å². The van der Waals surface area contributed by atoms with Crippen molar-refractivity contribution in [2.75, 3.05) is 19.7 Å². The third-order valence-electron chi connectivity index (χ3n) is 3.17. The number of nitrogens with zero attached hydrogens (tertiary/aromatic N) is 1. The summed E-state index contributed by atoms with van der Waals surface area (Å²) in [6, 6.07) is 10.1. The molecule has 0 saturated carbocycles. The van der Waals surface area contributed by atoms with Crippen molar-refractivity contribution < 1.29 is 9.53 Å².